The van der Waals surface area contributed by atoms with Gasteiger partial charge in [0.2, 0.25) is 5.91 Å². The lowest BCUT2D eigenvalue weighted by atomic mass is 10.0. The topological polar surface area (TPSA) is 76.0 Å². The Morgan fingerprint density at radius 3 is 2.67 bits per heavy atom. The van der Waals surface area contributed by atoms with Gasteiger partial charge in [0.05, 0.1) is 36.4 Å². The van der Waals surface area contributed by atoms with Crippen molar-refractivity contribution in [2.45, 2.75) is 25.3 Å². The summed E-state index contributed by atoms with van der Waals surface area (Å²) in [6, 6.07) is 16.8. The molecule has 1 aliphatic rings. The van der Waals surface area contributed by atoms with Gasteiger partial charge in [-0.15, -0.1) is 0 Å². The Morgan fingerprint density at radius 2 is 1.94 bits per heavy atom. The molecular weight excluding hydrogens is 414 g/mol. The zero-order valence-corrected chi connectivity index (χ0v) is 18.6. The second-order valence-corrected chi connectivity index (χ2v) is 8.31. The molecule has 168 valence electrons. The Hall–Kier alpha value is -3.87. The Labute approximate surface area is 192 Å². The second-order valence-electron chi connectivity index (χ2n) is 8.31. The quantitative estimate of drug-likeness (QED) is 0.454. The molecule has 5 rings (SSSR count). The number of fused-ring (bicyclic) bond motifs is 1. The number of benzene rings is 2. The number of imidazole rings is 2. The number of piperidine rings is 1. The molecule has 3 heterocycles. The summed E-state index contributed by atoms with van der Waals surface area (Å²) in [6.45, 7) is 1.45. The van der Waals surface area contributed by atoms with Crippen LogP contribution >= 0.6 is 0 Å². The fourth-order valence-electron chi connectivity index (χ4n) is 4.52. The van der Waals surface area contributed by atoms with Crippen molar-refractivity contribution in [2.24, 2.45) is 0 Å². The minimum absolute atomic E-state index is 0.0389. The summed E-state index contributed by atoms with van der Waals surface area (Å²) in [5.74, 6) is 1.95. The number of H-pyrrole nitrogens is 1. The molecule has 0 spiro atoms. The number of nitrogens with zero attached hydrogens (tertiary/aromatic N) is 4. The number of ether oxygens (including phenoxy) is 1. The molecule has 1 amide bonds. The number of rotatable bonds is 6. The summed E-state index contributed by atoms with van der Waals surface area (Å²) in [4.78, 5) is 26.5. The molecule has 1 saturated heterocycles. The zero-order valence-electron chi connectivity index (χ0n) is 18.6. The number of likely N-dealkylation sites (tertiary alicyclic amines) is 1. The molecule has 2 aromatic heterocycles. The van der Waals surface area contributed by atoms with E-state index in [-0.39, 0.29) is 5.91 Å². The lowest BCUT2D eigenvalue weighted by Gasteiger charge is -2.33. The summed E-state index contributed by atoms with van der Waals surface area (Å²) in [5.41, 5.74) is 4.20. The Balaban J connectivity index is 1.34. The molecular formula is C26H27N5O2. The van der Waals surface area contributed by atoms with E-state index in [0.29, 0.717) is 6.04 Å². The molecule has 33 heavy (non-hydrogen) atoms. The van der Waals surface area contributed by atoms with Crippen molar-refractivity contribution in [3.8, 4) is 5.75 Å². The van der Waals surface area contributed by atoms with Crippen LogP contribution in [0.5, 0.6) is 5.75 Å². The summed E-state index contributed by atoms with van der Waals surface area (Å²) < 4.78 is 7.68. The van der Waals surface area contributed by atoms with Gasteiger partial charge in [0, 0.05) is 31.6 Å². The number of aromatic nitrogens is 4. The normalized spacial score (nSPS) is 14.9. The third-order valence-corrected chi connectivity index (χ3v) is 6.26. The van der Waals surface area contributed by atoms with Crippen molar-refractivity contribution in [3.05, 3.63) is 84.2 Å². The highest BCUT2D eigenvalue weighted by Gasteiger charge is 2.26. The minimum Gasteiger partial charge on any atom is -0.497 e. The van der Waals surface area contributed by atoms with Crippen molar-refractivity contribution >= 4 is 23.0 Å². The van der Waals surface area contributed by atoms with Crippen LogP contribution in [0, 0.1) is 0 Å². The highest BCUT2D eigenvalue weighted by Crippen LogP contribution is 2.30. The molecule has 2 aromatic carbocycles. The zero-order chi connectivity index (χ0) is 22.6. The van der Waals surface area contributed by atoms with E-state index in [2.05, 4.69) is 44.9 Å². The number of carbonyl (C=O) groups is 1. The fraction of sp³-hybridized carbons (Fsp3) is 0.269. The third kappa shape index (κ3) is 4.53. The number of hydrogen-bond acceptors (Lipinski definition) is 4. The van der Waals surface area contributed by atoms with E-state index in [0.717, 1.165) is 60.7 Å². The van der Waals surface area contributed by atoms with E-state index in [1.54, 1.807) is 31.8 Å². The average Bonchev–Trinajstić information content (AvgIpc) is 3.51. The summed E-state index contributed by atoms with van der Waals surface area (Å²) in [6.07, 6.45) is 9.26. The molecule has 1 N–H and O–H groups in total. The molecule has 7 nitrogen and oxygen atoms in total. The lowest BCUT2D eigenvalue weighted by molar-refractivity contribution is -0.127. The summed E-state index contributed by atoms with van der Waals surface area (Å²) in [5, 5.41) is 0. The first-order valence-electron chi connectivity index (χ1n) is 11.3. The van der Waals surface area contributed by atoms with Gasteiger partial charge >= 0.3 is 0 Å². The number of amides is 1. The van der Waals surface area contributed by atoms with E-state index < -0.39 is 0 Å². The first kappa shape index (κ1) is 21.0. The van der Waals surface area contributed by atoms with Crippen molar-refractivity contribution in [3.63, 3.8) is 0 Å². The molecule has 0 radical (unpaired) electrons. The maximum absolute atomic E-state index is 12.6. The molecule has 4 aromatic rings. The maximum atomic E-state index is 12.6. The van der Waals surface area contributed by atoms with Crippen molar-refractivity contribution in [1.29, 1.82) is 0 Å². The molecule has 1 fully saturated rings. The summed E-state index contributed by atoms with van der Waals surface area (Å²) in [7, 11) is 1.68. The van der Waals surface area contributed by atoms with E-state index >= 15 is 0 Å². The number of nitrogens with one attached hydrogen (secondary N) is 1. The van der Waals surface area contributed by atoms with Gasteiger partial charge in [0.25, 0.3) is 0 Å². The van der Waals surface area contributed by atoms with Crippen LogP contribution < -0.4 is 4.74 Å². The number of para-hydroxylation sites is 2. The molecule has 0 aliphatic carbocycles. The predicted molar refractivity (Wildman–Crippen MR) is 128 cm³/mol. The van der Waals surface area contributed by atoms with Gasteiger partial charge in [-0.2, -0.15) is 0 Å². The number of carbonyl (C=O) groups excluding carboxylic acids is 1. The van der Waals surface area contributed by atoms with Crippen LogP contribution in [0.4, 0.5) is 0 Å². The van der Waals surface area contributed by atoms with Crippen LogP contribution in [0.1, 0.15) is 36.0 Å². The van der Waals surface area contributed by atoms with Crippen molar-refractivity contribution in [1.82, 2.24) is 24.4 Å². The lowest BCUT2D eigenvalue weighted by Crippen LogP contribution is -2.38. The number of aromatic amines is 1. The molecule has 0 unspecified atom stereocenters. The highest BCUT2D eigenvalue weighted by atomic mass is 16.5. The SMILES string of the molecule is COc1ccc(Cc2nc3ccccc3n2C2CCN(C(=O)/C=C/c3cnc[nH]3)CC2)cc1. The number of methoxy groups -OCH3 is 1. The van der Waals surface area contributed by atoms with E-state index in [1.807, 2.05) is 23.1 Å². The Morgan fingerprint density at radius 1 is 1.15 bits per heavy atom. The first-order valence-corrected chi connectivity index (χ1v) is 11.3. The van der Waals surface area contributed by atoms with Crippen LogP contribution in [0.15, 0.2) is 67.1 Å². The predicted octanol–water partition coefficient (Wildman–Crippen LogP) is 4.24. The van der Waals surface area contributed by atoms with Gasteiger partial charge in [-0.3, -0.25) is 4.79 Å². The van der Waals surface area contributed by atoms with Gasteiger partial charge in [-0.05, 0) is 48.7 Å². The summed E-state index contributed by atoms with van der Waals surface area (Å²) >= 11 is 0. The molecule has 1 aliphatic heterocycles. The van der Waals surface area contributed by atoms with Crippen LogP contribution in [0.3, 0.4) is 0 Å². The van der Waals surface area contributed by atoms with Gasteiger partial charge in [0.15, 0.2) is 0 Å². The van der Waals surface area contributed by atoms with Gasteiger partial charge in [-0.1, -0.05) is 24.3 Å². The monoisotopic (exact) mass is 441 g/mol. The van der Waals surface area contributed by atoms with Gasteiger partial charge in [-0.25, -0.2) is 9.97 Å². The number of hydrogen-bond donors (Lipinski definition) is 1. The first-order chi connectivity index (χ1) is 16.2. The second kappa shape index (κ2) is 9.32. The minimum atomic E-state index is 0.0389. The largest absolute Gasteiger partial charge is 0.497 e. The average molecular weight is 442 g/mol. The van der Waals surface area contributed by atoms with Crippen LogP contribution in [0.25, 0.3) is 17.1 Å². The third-order valence-electron chi connectivity index (χ3n) is 6.26. The van der Waals surface area contributed by atoms with Gasteiger partial charge < -0.3 is 19.2 Å². The smallest absolute Gasteiger partial charge is 0.246 e. The van der Waals surface area contributed by atoms with E-state index in [9.17, 15) is 4.79 Å². The van der Waals surface area contributed by atoms with Crippen LogP contribution in [0.2, 0.25) is 0 Å². The molecule has 7 heteroatoms. The van der Waals surface area contributed by atoms with E-state index in [1.165, 1.54) is 5.56 Å². The maximum Gasteiger partial charge on any atom is 0.246 e. The van der Waals surface area contributed by atoms with Gasteiger partial charge in [0.1, 0.15) is 11.6 Å². The van der Waals surface area contributed by atoms with Crippen LogP contribution in [-0.2, 0) is 11.2 Å². The van der Waals surface area contributed by atoms with Crippen molar-refractivity contribution in [2.75, 3.05) is 20.2 Å². The molecule has 0 bridgehead atoms. The standard InChI is InChI=1S/C26H27N5O2/c1-33-22-9-6-19(7-10-22)16-25-29-23-4-2-3-5-24(23)31(25)21-12-14-30(15-13-21)26(32)11-8-20-17-27-18-28-20/h2-11,17-18,21H,12-16H2,1H3,(H,27,28)/b11-8+. The Bertz CT molecular complexity index is 1250. The molecule has 0 atom stereocenters. The van der Waals surface area contributed by atoms with Crippen molar-refractivity contribution < 1.29 is 9.53 Å². The highest BCUT2D eigenvalue weighted by molar-refractivity contribution is 5.91. The molecule has 0 saturated carbocycles. The fourth-order valence-corrected chi connectivity index (χ4v) is 4.52. The Kier molecular flexibility index (Phi) is 5.93. The van der Waals surface area contributed by atoms with E-state index in [4.69, 9.17) is 9.72 Å². The van der Waals surface area contributed by atoms with Crippen LogP contribution in [-0.4, -0.2) is 50.5 Å².